The molecular formula is C39H67N11O17. The van der Waals surface area contributed by atoms with Crippen molar-refractivity contribution in [2.45, 2.75) is 127 Å². The lowest BCUT2D eigenvalue weighted by atomic mass is 10.0. The topological polar surface area (TPSA) is 461 Å². The molecule has 0 unspecified atom stereocenters. The van der Waals surface area contributed by atoms with Crippen molar-refractivity contribution >= 4 is 65.0 Å². The van der Waals surface area contributed by atoms with Crippen molar-refractivity contribution in [2.24, 2.45) is 23.3 Å². The van der Waals surface area contributed by atoms with Gasteiger partial charge >= 0.3 is 5.97 Å². The fraction of sp³-hybridized carbons (Fsp3) is 0.718. The molecule has 1 aliphatic heterocycles. The van der Waals surface area contributed by atoms with Gasteiger partial charge in [0, 0.05) is 13.0 Å². The standard InChI is InChI=1S/C39H67N11O17/c1-17(2)11-20(40)30(57)48-26(16-55)38(65)50-10-6-7-27(50)36(63)49-29(18(3)4)37(64)47-25(15-54)35(62)46-23(13-52)33(60)43-21(8-9-28(41)56)31(58)44-24(14-53)34(61)45-22(12-51)32(59)42-19(5)39(66)67/h17-27,29,51-55H,6-16,40H2,1-5H3,(H2,41,56)(H,42,59)(H,43,60)(H,44,58)(H,45,61)(H,46,62)(H,47,64)(H,48,57)(H,49,63)(H,66,67)/t19-,20-,21-,22-,23-,24-,25-,26-,27-,29-/m0/s1. The molecule has 1 saturated heterocycles. The average Bonchev–Trinajstić information content (AvgIpc) is 3.77. The Labute approximate surface area is 385 Å². The van der Waals surface area contributed by atoms with Crippen molar-refractivity contribution in [1.82, 2.24) is 47.4 Å². The van der Waals surface area contributed by atoms with Crippen LogP contribution in [0, 0.1) is 11.8 Å². The largest absolute Gasteiger partial charge is 0.480 e. The molecule has 0 aliphatic carbocycles. The lowest BCUT2D eigenvalue weighted by Crippen LogP contribution is -2.62. The number of carbonyl (C=O) groups is 11. The number of carboxylic acid groups (broad SMARTS) is 1. The molecule has 0 spiro atoms. The minimum atomic E-state index is -1.90. The van der Waals surface area contributed by atoms with Gasteiger partial charge in [0.1, 0.15) is 54.4 Å². The molecule has 28 nitrogen and oxygen atoms in total. The number of nitrogens with two attached hydrogens (primary N) is 2. The zero-order valence-electron chi connectivity index (χ0n) is 38.0. The maximum absolute atomic E-state index is 13.6. The molecule has 10 atom stereocenters. The van der Waals surface area contributed by atoms with Gasteiger partial charge in [-0.25, -0.2) is 0 Å². The first-order valence-electron chi connectivity index (χ1n) is 21.4. The summed E-state index contributed by atoms with van der Waals surface area (Å²) >= 11 is 0. The number of aliphatic carboxylic acids is 1. The fourth-order valence-electron chi connectivity index (χ4n) is 6.43. The quantitative estimate of drug-likeness (QED) is 0.0331. The van der Waals surface area contributed by atoms with Crippen LogP contribution in [-0.4, -0.2) is 201 Å². The summed E-state index contributed by atoms with van der Waals surface area (Å²) in [7, 11) is 0. The maximum atomic E-state index is 13.6. The molecule has 0 aromatic heterocycles. The zero-order valence-corrected chi connectivity index (χ0v) is 38.0. The van der Waals surface area contributed by atoms with Crippen LogP contribution in [0.25, 0.3) is 0 Å². The third-order valence-electron chi connectivity index (χ3n) is 10.2. The van der Waals surface area contributed by atoms with E-state index in [2.05, 4.69) is 31.9 Å². The van der Waals surface area contributed by atoms with E-state index in [9.17, 15) is 78.3 Å². The highest BCUT2D eigenvalue weighted by Crippen LogP contribution is 2.20. The molecule has 380 valence electrons. The van der Waals surface area contributed by atoms with Gasteiger partial charge in [0.2, 0.25) is 59.1 Å². The van der Waals surface area contributed by atoms with Gasteiger partial charge in [0.05, 0.1) is 39.1 Å². The van der Waals surface area contributed by atoms with Crippen LogP contribution in [0.3, 0.4) is 0 Å². The second-order valence-electron chi connectivity index (χ2n) is 16.5. The predicted octanol–water partition coefficient (Wildman–Crippen LogP) is -8.78. The average molecular weight is 962 g/mol. The number of amides is 10. The van der Waals surface area contributed by atoms with Gasteiger partial charge in [-0.2, -0.15) is 0 Å². The summed E-state index contributed by atoms with van der Waals surface area (Å²) in [4.78, 5) is 142. The monoisotopic (exact) mass is 961 g/mol. The first-order chi connectivity index (χ1) is 31.4. The highest BCUT2D eigenvalue weighted by Gasteiger charge is 2.40. The number of aliphatic hydroxyl groups excluding tert-OH is 5. The lowest BCUT2D eigenvalue weighted by molar-refractivity contribution is -0.143. The Morgan fingerprint density at radius 2 is 0.970 bits per heavy atom. The van der Waals surface area contributed by atoms with E-state index in [1.807, 2.05) is 24.5 Å². The summed E-state index contributed by atoms with van der Waals surface area (Å²) in [6.07, 6.45) is -0.268. The van der Waals surface area contributed by atoms with Crippen molar-refractivity contribution in [2.75, 3.05) is 39.6 Å². The molecule has 0 aromatic rings. The highest BCUT2D eigenvalue weighted by atomic mass is 16.4. The molecule has 0 saturated carbocycles. The molecular weight excluding hydrogens is 894 g/mol. The summed E-state index contributed by atoms with van der Waals surface area (Å²) in [5.74, 6) is -12.3. The number of nitrogens with one attached hydrogen (secondary N) is 8. The second kappa shape index (κ2) is 28.9. The van der Waals surface area contributed by atoms with Crippen LogP contribution in [0.15, 0.2) is 0 Å². The van der Waals surface area contributed by atoms with Gasteiger partial charge in [-0.15, -0.1) is 0 Å². The molecule has 1 heterocycles. The smallest absolute Gasteiger partial charge is 0.325 e. The number of aliphatic hydroxyl groups is 5. The minimum absolute atomic E-state index is 0.0633. The van der Waals surface area contributed by atoms with Crippen LogP contribution >= 0.6 is 0 Å². The molecule has 1 fully saturated rings. The molecule has 1 aliphatic rings. The van der Waals surface area contributed by atoms with E-state index in [0.29, 0.717) is 12.8 Å². The van der Waals surface area contributed by atoms with Crippen molar-refractivity contribution in [1.29, 1.82) is 0 Å². The highest BCUT2D eigenvalue weighted by molar-refractivity contribution is 5.99. The maximum Gasteiger partial charge on any atom is 0.325 e. The van der Waals surface area contributed by atoms with Crippen LogP contribution in [0.2, 0.25) is 0 Å². The number of hydrogen-bond donors (Lipinski definition) is 16. The Hall–Kier alpha value is -6.07. The van der Waals surface area contributed by atoms with Gasteiger partial charge in [0.25, 0.3) is 0 Å². The summed E-state index contributed by atoms with van der Waals surface area (Å²) in [5, 5.41) is 76.0. The first-order valence-corrected chi connectivity index (χ1v) is 21.4. The van der Waals surface area contributed by atoms with Crippen molar-refractivity contribution < 1.29 is 83.4 Å². The first kappa shape index (κ1) is 58.9. The van der Waals surface area contributed by atoms with Crippen LogP contribution in [-0.2, 0) is 52.7 Å². The van der Waals surface area contributed by atoms with Crippen LogP contribution in [0.4, 0.5) is 0 Å². The number of hydrogen-bond acceptors (Lipinski definition) is 17. The van der Waals surface area contributed by atoms with Crippen LogP contribution in [0.1, 0.15) is 66.7 Å². The number of likely N-dealkylation sites (tertiary alicyclic amines) is 1. The molecule has 10 amide bonds. The Kier molecular flexibility index (Phi) is 25.4. The van der Waals surface area contributed by atoms with Gasteiger partial charge in [0.15, 0.2) is 0 Å². The molecule has 0 radical (unpaired) electrons. The molecule has 0 bridgehead atoms. The van der Waals surface area contributed by atoms with Crippen molar-refractivity contribution in [3.05, 3.63) is 0 Å². The van der Waals surface area contributed by atoms with E-state index >= 15 is 0 Å². The Balaban J connectivity index is 3.10. The molecule has 0 aromatic carbocycles. The number of primary amides is 1. The minimum Gasteiger partial charge on any atom is -0.480 e. The predicted molar refractivity (Wildman–Crippen MR) is 230 cm³/mol. The fourth-order valence-corrected chi connectivity index (χ4v) is 6.43. The van der Waals surface area contributed by atoms with Crippen LogP contribution in [0.5, 0.6) is 0 Å². The SMILES string of the molecule is CC(C)C[C@H](N)C(=O)N[C@@H](CO)C(=O)N1CCC[C@H]1C(=O)N[C@H](C(=O)N[C@@H](CO)C(=O)N[C@@H](CO)C(=O)N[C@@H](CCC(N)=O)C(=O)N[C@@H](CO)C(=O)N[C@@H](CO)C(=O)N[C@@H](C)C(=O)O)C(C)C. The third kappa shape index (κ3) is 19.0. The molecule has 18 N–H and O–H groups in total. The van der Waals surface area contributed by atoms with E-state index in [1.54, 1.807) is 0 Å². The summed E-state index contributed by atoms with van der Waals surface area (Å²) in [6.45, 7) is 2.77. The van der Waals surface area contributed by atoms with Crippen molar-refractivity contribution in [3.8, 4) is 0 Å². The summed E-state index contributed by atoms with van der Waals surface area (Å²) in [5.41, 5.74) is 11.1. The lowest BCUT2D eigenvalue weighted by Gasteiger charge is -2.31. The third-order valence-corrected chi connectivity index (χ3v) is 10.2. The van der Waals surface area contributed by atoms with E-state index in [4.69, 9.17) is 16.6 Å². The van der Waals surface area contributed by atoms with Crippen LogP contribution < -0.4 is 54.0 Å². The summed E-state index contributed by atoms with van der Waals surface area (Å²) < 4.78 is 0. The Morgan fingerprint density at radius 1 is 0.567 bits per heavy atom. The van der Waals surface area contributed by atoms with E-state index in [-0.39, 0.29) is 18.9 Å². The van der Waals surface area contributed by atoms with E-state index in [1.165, 1.54) is 13.8 Å². The number of carbonyl (C=O) groups excluding carboxylic acids is 10. The number of carboxylic acids is 1. The van der Waals surface area contributed by atoms with E-state index in [0.717, 1.165) is 11.8 Å². The van der Waals surface area contributed by atoms with E-state index < -0.39 is 177 Å². The zero-order chi connectivity index (χ0) is 51.3. The molecule has 1 rings (SSSR count). The number of nitrogens with zero attached hydrogens (tertiary/aromatic N) is 1. The Bertz CT molecular complexity index is 1770. The van der Waals surface area contributed by atoms with Crippen molar-refractivity contribution in [3.63, 3.8) is 0 Å². The van der Waals surface area contributed by atoms with Gasteiger partial charge in [-0.05, 0) is 44.4 Å². The number of rotatable bonds is 29. The van der Waals surface area contributed by atoms with Gasteiger partial charge in [-0.1, -0.05) is 27.7 Å². The Morgan fingerprint density at radius 3 is 1.37 bits per heavy atom. The molecule has 67 heavy (non-hydrogen) atoms. The van der Waals surface area contributed by atoms with Gasteiger partial charge < -0.3 is 89.5 Å². The second-order valence-corrected chi connectivity index (χ2v) is 16.5. The molecule has 28 heteroatoms. The van der Waals surface area contributed by atoms with Gasteiger partial charge in [-0.3, -0.25) is 52.7 Å². The normalized spacial score (nSPS) is 17.5. The summed E-state index contributed by atoms with van der Waals surface area (Å²) in [6, 6.07) is -15.4.